The quantitative estimate of drug-likeness (QED) is 0.507. The monoisotopic (exact) mass is 498 g/mol. The minimum absolute atomic E-state index is 0.0927. The molecule has 0 aromatic carbocycles. The molecule has 0 spiro atoms. The topological polar surface area (TPSA) is 69.9 Å². The van der Waals surface area contributed by atoms with Crippen molar-refractivity contribution in [1.29, 1.82) is 0 Å². The van der Waals surface area contributed by atoms with Gasteiger partial charge in [0.25, 0.3) is 0 Å². The first-order valence-electron chi connectivity index (χ1n) is 13.7. The van der Waals surface area contributed by atoms with Gasteiger partial charge in [-0.3, -0.25) is 4.79 Å². The Kier molecular flexibility index (Phi) is 5.99. The van der Waals surface area contributed by atoms with E-state index < -0.39 is 0 Å². The molecule has 0 amide bonds. The molecular weight excluding hydrogens is 460 g/mol. The second kappa shape index (κ2) is 8.79. The van der Waals surface area contributed by atoms with Gasteiger partial charge >= 0.3 is 0 Å². The van der Waals surface area contributed by atoms with Crippen molar-refractivity contribution in [2.75, 3.05) is 13.7 Å². The second-order valence-electron chi connectivity index (χ2n) is 12.6. The van der Waals surface area contributed by atoms with Gasteiger partial charge in [-0.1, -0.05) is 31.9 Å². The smallest absolute Gasteiger partial charge is 0.201 e. The van der Waals surface area contributed by atoms with Gasteiger partial charge in [-0.2, -0.15) is 9.90 Å². The Morgan fingerprint density at radius 1 is 1.14 bits per heavy atom. The summed E-state index contributed by atoms with van der Waals surface area (Å²) >= 11 is 6.05. The highest BCUT2D eigenvalue weighted by Crippen LogP contribution is 2.68. The molecule has 4 aliphatic rings. The Labute approximate surface area is 213 Å². The molecule has 0 aliphatic heterocycles. The summed E-state index contributed by atoms with van der Waals surface area (Å²) in [4.78, 5) is 19.4. The van der Waals surface area contributed by atoms with Gasteiger partial charge in [0.2, 0.25) is 5.65 Å². The number of halogens is 1. The van der Waals surface area contributed by atoms with Crippen molar-refractivity contribution in [3.05, 3.63) is 17.3 Å². The first kappa shape index (κ1) is 23.8. The fraction of sp³-hybridized carbons (Fsp3) is 0.786. The maximum atomic E-state index is 13.6. The van der Waals surface area contributed by atoms with Crippen LogP contribution in [0, 0.1) is 46.3 Å². The number of methoxy groups -OCH3 is 1. The van der Waals surface area contributed by atoms with Gasteiger partial charge in [-0.25, -0.2) is 4.98 Å². The zero-order valence-electron chi connectivity index (χ0n) is 21.4. The lowest BCUT2D eigenvalue weighted by atomic mass is 9.44. The number of rotatable bonds is 5. The number of aromatic nitrogens is 4. The largest absolute Gasteiger partial charge is 0.384 e. The lowest BCUT2D eigenvalue weighted by Crippen LogP contribution is -2.56. The van der Waals surface area contributed by atoms with Crippen LogP contribution in [0.5, 0.6) is 0 Å². The number of carbonyl (C=O) groups excluding carboxylic acids is 1. The molecule has 4 aliphatic carbocycles. The van der Waals surface area contributed by atoms with Crippen molar-refractivity contribution >= 4 is 28.5 Å². The lowest BCUT2D eigenvalue weighted by Gasteiger charge is -2.61. The fourth-order valence-electron chi connectivity index (χ4n) is 9.49. The summed E-state index contributed by atoms with van der Waals surface area (Å²) in [5, 5.41) is 9.46. The van der Waals surface area contributed by atoms with E-state index in [-0.39, 0.29) is 23.7 Å². The normalized spacial score (nSPS) is 40.8. The van der Waals surface area contributed by atoms with Gasteiger partial charge in [0, 0.05) is 19.2 Å². The number of hydrogen-bond donors (Lipinski definition) is 0. The summed E-state index contributed by atoms with van der Waals surface area (Å²) in [6, 6.07) is 1.75. The number of carbonyl (C=O) groups is 1. The lowest BCUT2D eigenvalue weighted by molar-refractivity contribution is -0.154. The van der Waals surface area contributed by atoms with Crippen molar-refractivity contribution in [2.24, 2.45) is 46.3 Å². The first-order chi connectivity index (χ1) is 16.8. The molecule has 4 fully saturated rings. The highest BCUT2D eigenvalue weighted by atomic mass is 35.5. The molecule has 2 aromatic rings. The van der Waals surface area contributed by atoms with E-state index in [1.807, 2.05) is 7.11 Å². The minimum atomic E-state index is 0.0927. The van der Waals surface area contributed by atoms with Crippen LogP contribution >= 0.6 is 11.6 Å². The molecule has 0 radical (unpaired) electrons. The minimum Gasteiger partial charge on any atom is -0.384 e. The Balaban J connectivity index is 1.22. The van der Waals surface area contributed by atoms with Gasteiger partial charge < -0.3 is 4.74 Å². The van der Waals surface area contributed by atoms with E-state index in [0.717, 1.165) is 43.1 Å². The van der Waals surface area contributed by atoms with Crippen LogP contribution in [-0.4, -0.2) is 39.5 Å². The van der Waals surface area contributed by atoms with E-state index in [0.29, 0.717) is 27.5 Å². The summed E-state index contributed by atoms with van der Waals surface area (Å²) in [5.74, 6) is 4.20. The third kappa shape index (κ3) is 3.77. The van der Waals surface area contributed by atoms with E-state index in [4.69, 9.17) is 16.3 Å². The first-order valence-corrected chi connectivity index (χ1v) is 14.1. The molecule has 0 N–H and O–H groups in total. The maximum Gasteiger partial charge on any atom is 0.201 e. The number of nitrogens with zero attached hydrogens (tertiary/aromatic N) is 4. The van der Waals surface area contributed by atoms with Crippen molar-refractivity contribution in [1.82, 2.24) is 20.0 Å². The second-order valence-corrected chi connectivity index (χ2v) is 13.0. The van der Waals surface area contributed by atoms with Crippen LogP contribution in [-0.2, 0) is 16.1 Å². The highest BCUT2D eigenvalue weighted by molar-refractivity contribution is 6.30. The summed E-state index contributed by atoms with van der Waals surface area (Å²) in [5.41, 5.74) is 1.64. The molecule has 190 valence electrons. The van der Waals surface area contributed by atoms with Gasteiger partial charge in [0.15, 0.2) is 5.78 Å². The third-order valence-electron chi connectivity index (χ3n) is 11.0. The zero-order valence-corrected chi connectivity index (χ0v) is 22.1. The van der Waals surface area contributed by atoms with E-state index >= 15 is 0 Å². The third-order valence-corrected chi connectivity index (χ3v) is 11.2. The van der Waals surface area contributed by atoms with Crippen LogP contribution < -0.4 is 0 Å². The Bertz CT molecular complexity index is 1120. The molecule has 0 bridgehead atoms. The Hall–Kier alpha value is -1.53. The zero-order chi connectivity index (χ0) is 24.4. The molecule has 6 nitrogen and oxygen atoms in total. The molecule has 4 saturated carbocycles. The Morgan fingerprint density at radius 3 is 2.83 bits per heavy atom. The van der Waals surface area contributed by atoms with Crippen LogP contribution in [0.1, 0.15) is 71.6 Å². The standard InChI is InChI=1S/C28H39ClN4O2/c1-17-8-11-28(16-35-3)18(12-17)4-5-20-21-6-7-23(27(21,2)10-9-22(20)28)25(34)15-33-31-24-13-19(29)14-30-26(24)32-33/h13-14,17-18,20-23H,4-12,15-16H2,1-3H3. The fourth-order valence-corrected chi connectivity index (χ4v) is 9.64. The number of Topliss-reactive ketones (excluding diaryl/α,β-unsaturated/α-hetero) is 1. The molecule has 7 heteroatoms. The SMILES string of the molecule is COCC12CCC(C)CC1CCC1C3CCC(C(=O)Cn4nc5cc(Cl)cnc5n4)C3(C)CCC12. The molecule has 35 heavy (non-hydrogen) atoms. The van der Waals surface area contributed by atoms with Crippen molar-refractivity contribution in [2.45, 2.75) is 78.2 Å². The number of fused-ring (bicyclic) bond motifs is 6. The predicted molar refractivity (Wildman–Crippen MR) is 136 cm³/mol. The summed E-state index contributed by atoms with van der Waals surface area (Å²) in [6.07, 6.45) is 12.9. The molecule has 6 rings (SSSR count). The number of ether oxygens (including phenoxy) is 1. The van der Waals surface area contributed by atoms with Gasteiger partial charge in [0.05, 0.1) is 11.6 Å². The van der Waals surface area contributed by atoms with E-state index in [1.54, 1.807) is 12.3 Å². The average molecular weight is 499 g/mol. The predicted octanol–water partition coefficient (Wildman–Crippen LogP) is 5.97. The molecule has 0 saturated heterocycles. The van der Waals surface area contributed by atoms with Crippen LogP contribution in [0.2, 0.25) is 5.02 Å². The highest BCUT2D eigenvalue weighted by Gasteiger charge is 2.62. The molecule has 2 heterocycles. The van der Waals surface area contributed by atoms with Crippen LogP contribution in [0.3, 0.4) is 0 Å². The van der Waals surface area contributed by atoms with E-state index in [2.05, 4.69) is 29.0 Å². The number of ketones is 1. The summed E-state index contributed by atoms with van der Waals surface area (Å²) in [6.45, 7) is 6.02. The van der Waals surface area contributed by atoms with Gasteiger partial charge in [0.1, 0.15) is 12.1 Å². The van der Waals surface area contributed by atoms with E-state index in [1.165, 1.54) is 49.7 Å². The molecular formula is C28H39ClN4O2. The van der Waals surface area contributed by atoms with E-state index in [9.17, 15) is 4.79 Å². The van der Waals surface area contributed by atoms with Crippen LogP contribution in [0.25, 0.3) is 11.2 Å². The van der Waals surface area contributed by atoms with Crippen molar-refractivity contribution in [3.8, 4) is 0 Å². The van der Waals surface area contributed by atoms with Gasteiger partial charge in [-0.05, 0) is 97.9 Å². The van der Waals surface area contributed by atoms with Crippen molar-refractivity contribution < 1.29 is 9.53 Å². The van der Waals surface area contributed by atoms with Crippen LogP contribution in [0.4, 0.5) is 0 Å². The van der Waals surface area contributed by atoms with Crippen LogP contribution in [0.15, 0.2) is 12.3 Å². The number of pyridine rings is 1. The number of hydrogen-bond acceptors (Lipinski definition) is 5. The summed E-state index contributed by atoms with van der Waals surface area (Å²) in [7, 11) is 1.90. The van der Waals surface area contributed by atoms with Crippen molar-refractivity contribution in [3.63, 3.8) is 0 Å². The van der Waals surface area contributed by atoms with Gasteiger partial charge in [-0.15, -0.1) is 5.10 Å². The summed E-state index contributed by atoms with van der Waals surface area (Å²) < 4.78 is 5.94. The maximum absolute atomic E-state index is 13.6. The average Bonchev–Trinajstić information content (AvgIpc) is 3.38. The molecule has 8 unspecified atom stereocenters. The molecule has 2 aromatic heterocycles. The Morgan fingerprint density at radius 2 is 2.00 bits per heavy atom. The molecule has 8 atom stereocenters.